The zero-order chi connectivity index (χ0) is 22.2. The molecule has 32 heavy (non-hydrogen) atoms. The van der Waals surface area contributed by atoms with Gasteiger partial charge in [-0.25, -0.2) is 0 Å². The van der Waals surface area contributed by atoms with Gasteiger partial charge < -0.3 is 11.5 Å². The van der Waals surface area contributed by atoms with Gasteiger partial charge in [0.25, 0.3) is 0 Å². The third kappa shape index (κ3) is 3.14. The summed E-state index contributed by atoms with van der Waals surface area (Å²) in [4.78, 5) is 0. The fraction of sp³-hybridized carbons (Fsp3) is 0. The Morgan fingerprint density at radius 3 is 1.88 bits per heavy atom. The van der Waals surface area contributed by atoms with Crippen molar-refractivity contribution in [2.24, 2.45) is 0 Å². The van der Waals surface area contributed by atoms with E-state index in [9.17, 15) is 0 Å². The Labute approximate surface area is 188 Å². The summed E-state index contributed by atoms with van der Waals surface area (Å²) in [5.41, 5.74) is 20.4. The summed E-state index contributed by atoms with van der Waals surface area (Å²) < 4.78 is 0. The van der Waals surface area contributed by atoms with E-state index in [1.54, 1.807) is 0 Å². The fourth-order valence-corrected chi connectivity index (χ4v) is 4.57. The lowest BCUT2D eigenvalue weighted by Gasteiger charge is -2.18. The first-order chi connectivity index (χ1) is 15.6. The maximum Gasteiger partial charge on any atom is 0.0320 e. The molecule has 0 atom stereocenters. The van der Waals surface area contributed by atoms with Gasteiger partial charge in [-0.1, -0.05) is 79.9 Å². The molecule has 0 saturated heterocycles. The van der Waals surface area contributed by atoms with Gasteiger partial charge in [0.2, 0.25) is 0 Å². The zero-order valence-corrected chi connectivity index (χ0v) is 17.8. The van der Waals surface area contributed by atoms with Crippen LogP contribution in [0.1, 0.15) is 11.1 Å². The zero-order valence-electron chi connectivity index (χ0n) is 17.8. The molecule has 0 aromatic heterocycles. The number of fused-ring (bicyclic) bond motifs is 2. The van der Waals surface area contributed by atoms with Gasteiger partial charge in [0.05, 0.1) is 0 Å². The van der Waals surface area contributed by atoms with Gasteiger partial charge in [0.1, 0.15) is 0 Å². The van der Waals surface area contributed by atoms with Gasteiger partial charge in [-0.15, -0.1) is 0 Å². The van der Waals surface area contributed by atoms with E-state index in [0.29, 0.717) is 0 Å². The van der Waals surface area contributed by atoms with E-state index >= 15 is 0 Å². The summed E-state index contributed by atoms with van der Waals surface area (Å²) in [6, 6.07) is 29.1. The van der Waals surface area contributed by atoms with Crippen molar-refractivity contribution in [2.45, 2.75) is 0 Å². The molecule has 0 aliphatic rings. The van der Waals surface area contributed by atoms with Crippen LogP contribution in [0.15, 0.2) is 98.1 Å². The minimum Gasteiger partial charge on any atom is -0.399 e. The first kappa shape index (κ1) is 19.7. The molecule has 0 saturated carbocycles. The van der Waals surface area contributed by atoms with Crippen molar-refractivity contribution >= 4 is 45.1 Å². The first-order valence-corrected chi connectivity index (χ1v) is 10.6. The second-order valence-electron chi connectivity index (χ2n) is 7.98. The van der Waals surface area contributed by atoms with Gasteiger partial charge in [-0.05, 0) is 85.3 Å². The Balaban J connectivity index is 1.97. The molecule has 0 spiro atoms. The predicted molar refractivity (Wildman–Crippen MR) is 141 cm³/mol. The SMILES string of the molecule is C=Cc1ccc(N)cc1-c1cccc2c(-c3cc(N)ccc3C=C)c3ccccc3cc12. The Bertz CT molecular complexity index is 1530. The molecule has 0 amide bonds. The van der Waals surface area contributed by atoms with Gasteiger partial charge in [-0.3, -0.25) is 0 Å². The van der Waals surface area contributed by atoms with E-state index in [0.717, 1.165) is 55.5 Å². The van der Waals surface area contributed by atoms with Crippen LogP contribution in [0.25, 0.3) is 56.0 Å². The predicted octanol–water partition coefficient (Wildman–Crippen LogP) is 7.78. The van der Waals surface area contributed by atoms with Crippen molar-refractivity contribution in [1.29, 1.82) is 0 Å². The average Bonchev–Trinajstić information content (AvgIpc) is 2.82. The van der Waals surface area contributed by atoms with Crippen LogP contribution in [-0.2, 0) is 0 Å². The lowest BCUT2D eigenvalue weighted by Crippen LogP contribution is -1.94. The van der Waals surface area contributed by atoms with Crippen LogP contribution in [0.4, 0.5) is 11.4 Å². The smallest absolute Gasteiger partial charge is 0.0320 e. The molecule has 0 bridgehead atoms. The van der Waals surface area contributed by atoms with E-state index in [4.69, 9.17) is 11.5 Å². The van der Waals surface area contributed by atoms with Crippen LogP contribution < -0.4 is 11.5 Å². The van der Waals surface area contributed by atoms with Crippen LogP contribution in [0.3, 0.4) is 0 Å². The Hall–Kier alpha value is -4.30. The third-order valence-electron chi connectivity index (χ3n) is 6.06. The van der Waals surface area contributed by atoms with Crippen molar-refractivity contribution in [3.8, 4) is 22.3 Å². The van der Waals surface area contributed by atoms with Gasteiger partial charge in [0, 0.05) is 11.4 Å². The quantitative estimate of drug-likeness (QED) is 0.234. The molecule has 154 valence electrons. The second kappa shape index (κ2) is 7.75. The molecular weight excluding hydrogens is 388 g/mol. The number of hydrogen-bond donors (Lipinski definition) is 2. The van der Waals surface area contributed by atoms with E-state index < -0.39 is 0 Å². The molecule has 0 aliphatic carbocycles. The maximum absolute atomic E-state index is 6.22. The summed E-state index contributed by atoms with van der Waals surface area (Å²) in [6.07, 6.45) is 3.77. The molecule has 0 radical (unpaired) electrons. The molecule has 2 nitrogen and oxygen atoms in total. The number of rotatable bonds is 4. The van der Waals surface area contributed by atoms with Gasteiger partial charge >= 0.3 is 0 Å². The standard InChI is InChI=1S/C30H24N2/c1-3-19-12-14-22(31)17-27(19)25-10-7-11-26-29(25)16-21-8-5-6-9-24(21)30(26)28-18-23(32)15-13-20(28)4-2/h3-18H,1-2,31-32H2. The molecule has 0 unspecified atom stereocenters. The van der Waals surface area contributed by atoms with Crippen LogP contribution in [0.2, 0.25) is 0 Å². The highest BCUT2D eigenvalue weighted by Crippen LogP contribution is 2.42. The molecule has 5 aromatic carbocycles. The number of benzene rings is 5. The Morgan fingerprint density at radius 2 is 1.16 bits per heavy atom. The van der Waals surface area contributed by atoms with E-state index in [-0.39, 0.29) is 0 Å². The molecule has 2 heteroatoms. The Morgan fingerprint density at radius 1 is 0.531 bits per heavy atom. The lowest BCUT2D eigenvalue weighted by atomic mass is 9.86. The lowest BCUT2D eigenvalue weighted by molar-refractivity contribution is 1.60. The molecule has 4 N–H and O–H groups in total. The summed E-state index contributed by atoms with van der Waals surface area (Å²) >= 11 is 0. The topological polar surface area (TPSA) is 52.0 Å². The van der Waals surface area contributed by atoms with Crippen molar-refractivity contribution in [1.82, 2.24) is 0 Å². The van der Waals surface area contributed by atoms with Crippen molar-refractivity contribution in [2.75, 3.05) is 11.5 Å². The number of anilines is 2. The normalized spacial score (nSPS) is 11.0. The highest BCUT2D eigenvalue weighted by Gasteiger charge is 2.16. The summed E-state index contributed by atoms with van der Waals surface area (Å²) in [5.74, 6) is 0. The van der Waals surface area contributed by atoms with Crippen LogP contribution >= 0.6 is 0 Å². The van der Waals surface area contributed by atoms with Crippen LogP contribution in [-0.4, -0.2) is 0 Å². The van der Waals surface area contributed by atoms with Crippen LogP contribution in [0.5, 0.6) is 0 Å². The Kier molecular flexibility index (Phi) is 4.76. The maximum atomic E-state index is 6.22. The highest BCUT2D eigenvalue weighted by atomic mass is 14.5. The summed E-state index contributed by atoms with van der Waals surface area (Å²) in [7, 11) is 0. The highest BCUT2D eigenvalue weighted by molar-refractivity contribution is 6.17. The monoisotopic (exact) mass is 412 g/mol. The van der Waals surface area contributed by atoms with Crippen molar-refractivity contribution < 1.29 is 0 Å². The number of nitrogen functional groups attached to an aromatic ring is 2. The molecule has 0 heterocycles. The van der Waals surface area contributed by atoms with Crippen molar-refractivity contribution in [3.63, 3.8) is 0 Å². The van der Waals surface area contributed by atoms with E-state index in [1.165, 1.54) is 10.8 Å². The largest absolute Gasteiger partial charge is 0.399 e. The molecule has 0 aliphatic heterocycles. The minimum absolute atomic E-state index is 0.729. The molecule has 5 rings (SSSR count). The summed E-state index contributed by atoms with van der Waals surface area (Å²) in [5, 5.41) is 4.67. The first-order valence-electron chi connectivity index (χ1n) is 10.6. The third-order valence-corrected chi connectivity index (χ3v) is 6.06. The molecule has 0 fully saturated rings. The number of nitrogens with two attached hydrogens (primary N) is 2. The van der Waals surface area contributed by atoms with Crippen LogP contribution in [0, 0.1) is 0 Å². The number of hydrogen-bond acceptors (Lipinski definition) is 2. The fourth-order valence-electron chi connectivity index (χ4n) is 4.57. The van der Waals surface area contributed by atoms with Gasteiger partial charge in [-0.2, -0.15) is 0 Å². The van der Waals surface area contributed by atoms with Crippen molar-refractivity contribution in [3.05, 3.63) is 109 Å². The summed E-state index contributed by atoms with van der Waals surface area (Å²) in [6.45, 7) is 8.05. The second-order valence-corrected chi connectivity index (χ2v) is 7.98. The van der Waals surface area contributed by atoms with Gasteiger partial charge in [0.15, 0.2) is 0 Å². The van der Waals surface area contributed by atoms with E-state index in [1.807, 2.05) is 48.6 Å². The van der Waals surface area contributed by atoms with E-state index in [2.05, 4.69) is 61.7 Å². The molecular formula is C30H24N2. The minimum atomic E-state index is 0.729. The molecule has 5 aromatic rings. The average molecular weight is 413 g/mol.